The van der Waals surface area contributed by atoms with Gasteiger partial charge < -0.3 is 5.32 Å². The van der Waals surface area contributed by atoms with Crippen molar-refractivity contribution in [3.63, 3.8) is 0 Å². The van der Waals surface area contributed by atoms with Crippen molar-refractivity contribution < 1.29 is 13.6 Å². The van der Waals surface area contributed by atoms with E-state index in [1.165, 1.54) is 12.1 Å². The third-order valence-corrected chi connectivity index (χ3v) is 2.24. The number of benzene rings is 2. The smallest absolute Gasteiger partial charge is 0.255 e. The second-order valence-corrected chi connectivity index (χ2v) is 3.42. The summed E-state index contributed by atoms with van der Waals surface area (Å²) < 4.78 is 26.2. The molecule has 0 aliphatic carbocycles. The molecule has 2 nitrogen and oxygen atoms in total. The van der Waals surface area contributed by atoms with Crippen molar-refractivity contribution in [2.75, 3.05) is 5.32 Å². The Hall–Kier alpha value is -2.23. The maximum atomic E-state index is 13.3. The molecular weight excluding hydrogens is 224 g/mol. The highest BCUT2D eigenvalue weighted by molar-refractivity contribution is 6.04. The van der Waals surface area contributed by atoms with Crippen LogP contribution in [0.5, 0.6) is 0 Å². The lowest BCUT2D eigenvalue weighted by Crippen LogP contribution is -2.13. The first-order chi connectivity index (χ1) is 8.18. The average Bonchev–Trinajstić information content (AvgIpc) is 2.36. The standard InChI is InChI=1S/C13H9F2NO/c14-10-7-4-8-11(12(10)15)16-13(17)9-5-2-1-3-6-9/h1-8H,(H,16,17). The summed E-state index contributed by atoms with van der Waals surface area (Å²) in [7, 11) is 0. The summed E-state index contributed by atoms with van der Waals surface area (Å²) >= 11 is 0. The van der Waals surface area contributed by atoms with E-state index in [-0.39, 0.29) is 5.69 Å². The van der Waals surface area contributed by atoms with E-state index < -0.39 is 17.5 Å². The summed E-state index contributed by atoms with van der Waals surface area (Å²) in [5.74, 6) is -2.53. The maximum absolute atomic E-state index is 13.3. The summed E-state index contributed by atoms with van der Waals surface area (Å²) in [5, 5.41) is 2.31. The Morgan fingerprint density at radius 2 is 1.65 bits per heavy atom. The number of carbonyl (C=O) groups is 1. The molecule has 2 aromatic rings. The molecule has 0 saturated heterocycles. The van der Waals surface area contributed by atoms with Crippen LogP contribution >= 0.6 is 0 Å². The Balaban J connectivity index is 2.22. The summed E-state index contributed by atoms with van der Waals surface area (Å²) in [6.45, 7) is 0. The molecular formula is C13H9F2NO. The topological polar surface area (TPSA) is 29.1 Å². The monoisotopic (exact) mass is 233 g/mol. The average molecular weight is 233 g/mol. The number of hydrogen-bond acceptors (Lipinski definition) is 1. The molecule has 0 bridgehead atoms. The fourth-order valence-corrected chi connectivity index (χ4v) is 1.38. The van der Waals surface area contributed by atoms with Crippen LogP contribution in [0.15, 0.2) is 48.5 Å². The molecule has 0 heterocycles. The van der Waals surface area contributed by atoms with Crippen LogP contribution in [-0.2, 0) is 0 Å². The lowest BCUT2D eigenvalue weighted by atomic mass is 10.2. The van der Waals surface area contributed by atoms with E-state index in [4.69, 9.17) is 0 Å². The molecule has 0 unspecified atom stereocenters. The first-order valence-corrected chi connectivity index (χ1v) is 4.99. The van der Waals surface area contributed by atoms with E-state index in [0.29, 0.717) is 5.56 Å². The maximum Gasteiger partial charge on any atom is 0.255 e. The molecule has 1 amide bonds. The molecule has 0 radical (unpaired) electrons. The van der Waals surface area contributed by atoms with Crippen LogP contribution in [0.4, 0.5) is 14.5 Å². The summed E-state index contributed by atoms with van der Waals surface area (Å²) in [4.78, 5) is 11.7. The summed E-state index contributed by atoms with van der Waals surface area (Å²) in [6, 6.07) is 12.0. The van der Waals surface area contributed by atoms with Gasteiger partial charge in [-0.3, -0.25) is 4.79 Å². The molecule has 17 heavy (non-hydrogen) atoms. The molecule has 0 fully saturated rings. The summed E-state index contributed by atoms with van der Waals surface area (Å²) in [6.07, 6.45) is 0. The van der Waals surface area contributed by atoms with Crippen LogP contribution in [0.25, 0.3) is 0 Å². The van der Waals surface area contributed by atoms with Gasteiger partial charge in [-0.05, 0) is 24.3 Å². The van der Waals surface area contributed by atoms with Gasteiger partial charge in [-0.1, -0.05) is 24.3 Å². The van der Waals surface area contributed by atoms with Crippen molar-refractivity contribution in [2.45, 2.75) is 0 Å². The summed E-state index contributed by atoms with van der Waals surface area (Å²) in [5.41, 5.74) is 0.218. The predicted molar refractivity (Wildman–Crippen MR) is 60.8 cm³/mol. The Labute approximate surface area is 96.9 Å². The molecule has 2 aromatic carbocycles. The van der Waals surface area contributed by atoms with Crippen molar-refractivity contribution in [1.82, 2.24) is 0 Å². The number of nitrogens with one attached hydrogen (secondary N) is 1. The number of rotatable bonds is 2. The van der Waals surface area contributed by atoms with Crippen molar-refractivity contribution in [3.8, 4) is 0 Å². The zero-order chi connectivity index (χ0) is 12.3. The lowest BCUT2D eigenvalue weighted by molar-refractivity contribution is 0.102. The highest BCUT2D eigenvalue weighted by atomic mass is 19.2. The first kappa shape index (κ1) is 11.3. The molecule has 1 N–H and O–H groups in total. The molecule has 0 aromatic heterocycles. The fourth-order valence-electron chi connectivity index (χ4n) is 1.38. The van der Waals surface area contributed by atoms with E-state index in [1.54, 1.807) is 30.3 Å². The van der Waals surface area contributed by atoms with E-state index in [2.05, 4.69) is 5.32 Å². The quantitative estimate of drug-likeness (QED) is 0.847. The van der Waals surface area contributed by atoms with Crippen molar-refractivity contribution >= 4 is 11.6 Å². The van der Waals surface area contributed by atoms with Crippen LogP contribution in [0, 0.1) is 11.6 Å². The third-order valence-electron chi connectivity index (χ3n) is 2.24. The zero-order valence-corrected chi connectivity index (χ0v) is 8.78. The van der Waals surface area contributed by atoms with Crippen LogP contribution in [-0.4, -0.2) is 5.91 Å². The first-order valence-electron chi connectivity index (χ1n) is 4.99. The normalized spacial score (nSPS) is 10.0. The highest BCUT2D eigenvalue weighted by Gasteiger charge is 2.11. The van der Waals surface area contributed by atoms with Gasteiger partial charge in [0.05, 0.1) is 5.69 Å². The van der Waals surface area contributed by atoms with Crippen LogP contribution < -0.4 is 5.32 Å². The van der Waals surface area contributed by atoms with Gasteiger partial charge in [-0.15, -0.1) is 0 Å². The van der Waals surface area contributed by atoms with Crippen LogP contribution in [0.2, 0.25) is 0 Å². The zero-order valence-electron chi connectivity index (χ0n) is 8.78. The second-order valence-electron chi connectivity index (χ2n) is 3.42. The van der Waals surface area contributed by atoms with Gasteiger partial charge >= 0.3 is 0 Å². The van der Waals surface area contributed by atoms with Gasteiger partial charge in [-0.2, -0.15) is 0 Å². The minimum Gasteiger partial charge on any atom is -0.319 e. The number of halogens is 2. The van der Waals surface area contributed by atoms with E-state index >= 15 is 0 Å². The molecule has 0 spiro atoms. The molecule has 86 valence electrons. The largest absolute Gasteiger partial charge is 0.319 e. The van der Waals surface area contributed by atoms with E-state index in [0.717, 1.165) is 6.07 Å². The molecule has 4 heteroatoms. The minimum absolute atomic E-state index is 0.168. The van der Waals surface area contributed by atoms with Crippen molar-refractivity contribution in [1.29, 1.82) is 0 Å². The Bertz CT molecular complexity index is 540. The number of carbonyl (C=O) groups excluding carboxylic acids is 1. The minimum atomic E-state index is -1.06. The van der Waals surface area contributed by atoms with E-state index in [9.17, 15) is 13.6 Å². The van der Waals surface area contributed by atoms with Crippen molar-refractivity contribution in [3.05, 3.63) is 65.7 Å². The molecule has 0 atom stereocenters. The fraction of sp³-hybridized carbons (Fsp3) is 0. The van der Waals surface area contributed by atoms with Gasteiger partial charge in [0.2, 0.25) is 0 Å². The molecule has 0 aliphatic heterocycles. The van der Waals surface area contributed by atoms with Crippen molar-refractivity contribution in [2.24, 2.45) is 0 Å². The Morgan fingerprint density at radius 1 is 0.941 bits per heavy atom. The van der Waals surface area contributed by atoms with Crippen LogP contribution in [0.3, 0.4) is 0 Å². The Kier molecular flexibility index (Phi) is 3.14. The van der Waals surface area contributed by atoms with Gasteiger partial charge in [-0.25, -0.2) is 8.78 Å². The lowest BCUT2D eigenvalue weighted by Gasteiger charge is -2.06. The third kappa shape index (κ3) is 2.47. The SMILES string of the molecule is O=C(Nc1cccc(F)c1F)c1ccccc1. The molecule has 2 rings (SSSR count). The van der Waals surface area contributed by atoms with Gasteiger partial charge in [0.15, 0.2) is 11.6 Å². The van der Waals surface area contributed by atoms with Gasteiger partial charge in [0, 0.05) is 5.56 Å². The van der Waals surface area contributed by atoms with Gasteiger partial charge in [0.1, 0.15) is 0 Å². The Morgan fingerprint density at radius 3 is 2.35 bits per heavy atom. The number of amides is 1. The van der Waals surface area contributed by atoms with Gasteiger partial charge in [0.25, 0.3) is 5.91 Å². The second kappa shape index (κ2) is 4.74. The predicted octanol–water partition coefficient (Wildman–Crippen LogP) is 3.22. The van der Waals surface area contributed by atoms with Crippen LogP contribution in [0.1, 0.15) is 10.4 Å². The van der Waals surface area contributed by atoms with E-state index in [1.807, 2.05) is 0 Å². The number of hydrogen-bond donors (Lipinski definition) is 1. The highest BCUT2D eigenvalue weighted by Crippen LogP contribution is 2.17. The molecule has 0 aliphatic rings. The molecule has 0 saturated carbocycles. The number of anilines is 1.